The van der Waals surface area contributed by atoms with Crippen LogP contribution in [0.25, 0.3) is 0 Å². The molecular formula is C16H16Cl2N2S. The lowest BCUT2D eigenvalue weighted by Crippen LogP contribution is -2.30. The van der Waals surface area contributed by atoms with E-state index in [9.17, 15) is 0 Å². The van der Waals surface area contributed by atoms with Crippen molar-refractivity contribution in [2.45, 2.75) is 13.5 Å². The summed E-state index contributed by atoms with van der Waals surface area (Å²) >= 11 is 17.4. The molecule has 0 saturated carbocycles. The van der Waals surface area contributed by atoms with Crippen LogP contribution in [0.1, 0.15) is 11.1 Å². The van der Waals surface area contributed by atoms with Crippen molar-refractivity contribution in [2.24, 2.45) is 0 Å². The standard InChI is InChI=1S/C16H16Cl2N2S/c1-11-5-3-4-6-15(11)19-16(21)20(2)10-12-7-8-13(17)14(18)9-12/h3-9H,10H2,1-2H3,(H,19,21). The lowest BCUT2D eigenvalue weighted by Gasteiger charge is -2.22. The fourth-order valence-electron chi connectivity index (χ4n) is 1.91. The van der Waals surface area contributed by atoms with Gasteiger partial charge in [-0.15, -0.1) is 0 Å². The molecule has 0 aromatic heterocycles. The lowest BCUT2D eigenvalue weighted by atomic mass is 10.2. The van der Waals surface area contributed by atoms with Gasteiger partial charge in [0.05, 0.1) is 10.0 Å². The summed E-state index contributed by atoms with van der Waals surface area (Å²) in [6.45, 7) is 2.71. The summed E-state index contributed by atoms with van der Waals surface area (Å²) in [4.78, 5) is 1.96. The Morgan fingerprint density at radius 1 is 1.14 bits per heavy atom. The first-order chi connectivity index (χ1) is 9.97. The van der Waals surface area contributed by atoms with Crippen LogP contribution in [0.4, 0.5) is 5.69 Å². The largest absolute Gasteiger partial charge is 0.348 e. The molecule has 21 heavy (non-hydrogen) atoms. The fourth-order valence-corrected chi connectivity index (χ4v) is 2.40. The third kappa shape index (κ3) is 4.34. The van der Waals surface area contributed by atoms with E-state index in [0.717, 1.165) is 16.8 Å². The molecular weight excluding hydrogens is 323 g/mol. The molecule has 1 N–H and O–H groups in total. The van der Waals surface area contributed by atoms with Crippen molar-refractivity contribution in [2.75, 3.05) is 12.4 Å². The van der Waals surface area contributed by atoms with Gasteiger partial charge in [0, 0.05) is 19.3 Å². The molecule has 0 aliphatic heterocycles. The number of thiocarbonyl (C=S) groups is 1. The molecule has 0 atom stereocenters. The Morgan fingerprint density at radius 2 is 1.86 bits per heavy atom. The zero-order valence-electron chi connectivity index (χ0n) is 11.9. The van der Waals surface area contributed by atoms with Crippen LogP contribution in [0.5, 0.6) is 0 Å². The van der Waals surface area contributed by atoms with Gasteiger partial charge in [-0.25, -0.2) is 0 Å². The second-order valence-electron chi connectivity index (χ2n) is 4.85. The molecule has 0 aliphatic rings. The summed E-state index contributed by atoms with van der Waals surface area (Å²) < 4.78 is 0. The first-order valence-corrected chi connectivity index (χ1v) is 7.65. The minimum atomic E-state index is 0.556. The maximum atomic E-state index is 6.03. The van der Waals surface area contributed by atoms with Gasteiger partial charge in [0.15, 0.2) is 5.11 Å². The molecule has 0 amide bonds. The van der Waals surface area contributed by atoms with Crippen molar-refractivity contribution in [3.63, 3.8) is 0 Å². The van der Waals surface area contributed by atoms with Gasteiger partial charge < -0.3 is 10.2 Å². The summed E-state index contributed by atoms with van der Waals surface area (Å²) in [7, 11) is 1.94. The van der Waals surface area contributed by atoms with Crippen molar-refractivity contribution in [3.05, 3.63) is 63.6 Å². The Kier molecular flexibility index (Phi) is 5.45. The maximum absolute atomic E-state index is 6.03. The third-order valence-corrected chi connectivity index (χ3v) is 4.29. The first-order valence-electron chi connectivity index (χ1n) is 6.49. The van der Waals surface area contributed by atoms with Crippen LogP contribution in [0.3, 0.4) is 0 Å². The van der Waals surface area contributed by atoms with E-state index in [4.69, 9.17) is 35.4 Å². The molecule has 0 spiro atoms. The van der Waals surface area contributed by atoms with Gasteiger partial charge in [-0.2, -0.15) is 0 Å². The number of rotatable bonds is 3. The average Bonchev–Trinajstić information content (AvgIpc) is 2.45. The second-order valence-corrected chi connectivity index (χ2v) is 6.05. The summed E-state index contributed by atoms with van der Waals surface area (Å²) in [6, 6.07) is 13.6. The fraction of sp³-hybridized carbons (Fsp3) is 0.188. The lowest BCUT2D eigenvalue weighted by molar-refractivity contribution is 0.508. The molecule has 2 aromatic rings. The Bertz CT molecular complexity index is 658. The van der Waals surface area contributed by atoms with Crippen molar-refractivity contribution in [1.29, 1.82) is 0 Å². The van der Waals surface area contributed by atoms with Crippen molar-refractivity contribution >= 4 is 46.2 Å². The number of hydrogen-bond donors (Lipinski definition) is 1. The van der Waals surface area contributed by atoms with Crippen LogP contribution >= 0.6 is 35.4 Å². The van der Waals surface area contributed by atoms with E-state index in [1.807, 2.05) is 55.3 Å². The topological polar surface area (TPSA) is 15.3 Å². The number of aryl methyl sites for hydroxylation is 1. The highest BCUT2D eigenvalue weighted by Crippen LogP contribution is 2.23. The number of halogens is 2. The molecule has 0 heterocycles. The number of nitrogens with zero attached hydrogens (tertiary/aromatic N) is 1. The molecule has 0 unspecified atom stereocenters. The van der Waals surface area contributed by atoms with Crippen molar-refractivity contribution in [1.82, 2.24) is 4.90 Å². The molecule has 0 aliphatic carbocycles. The molecule has 0 bridgehead atoms. The quantitative estimate of drug-likeness (QED) is 0.781. The van der Waals surface area contributed by atoms with Crippen LogP contribution in [0, 0.1) is 6.92 Å². The molecule has 5 heteroatoms. The molecule has 2 nitrogen and oxygen atoms in total. The Balaban J connectivity index is 2.02. The maximum Gasteiger partial charge on any atom is 0.173 e. The zero-order chi connectivity index (χ0) is 15.4. The predicted molar refractivity (Wildman–Crippen MR) is 95.3 cm³/mol. The normalized spacial score (nSPS) is 10.3. The Labute approximate surface area is 140 Å². The third-order valence-electron chi connectivity index (χ3n) is 3.14. The summed E-state index contributed by atoms with van der Waals surface area (Å²) in [5.41, 5.74) is 3.23. The van der Waals surface area contributed by atoms with Gasteiger partial charge in [-0.1, -0.05) is 47.5 Å². The van der Waals surface area contributed by atoms with Crippen LogP contribution in [-0.2, 0) is 6.54 Å². The van der Waals surface area contributed by atoms with Gasteiger partial charge in [0.2, 0.25) is 0 Å². The molecule has 110 valence electrons. The van der Waals surface area contributed by atoms with E-state index in [-0.39, 0.29) is 0 Å². The second kappa shape index (κ2) is 7.12. The van der Waals surface area contributed by atoms with Crippen LogP contribution < -0.4 is 5.32 Å². The van der Waals surface area contributed by atoms with E-state index in [2.05, 4.69) is 5.32 Å². The highest BCUT2D eigenvalue weighted by molar-refractivity contribution is 7.80. The molecule has 2 rings (SSSR count). The first kappa shape index (κ1) is 16.1. The van der Waals surface area contributed by atoms with Gasteiger partial charge in [0.25, 0.3) is 0 Å². The van der Waals surface area contributed by atoms with Crippen LogP contribution in [0.2, 0.25) is 10.0 Å². The van der Waals surface area contributed by atoms with E-state index in [0.29, 0.717) is 21.7 Å². The highest BCUT2D eigenvalue weighted by atomic mass is 35.5. The summed E-state index contributed by atoms with van der Waals surface area (Å²) in [6.07, 6.45) is 0. The summed E-state index contributed by atoms with van der Waals surface area (Å²) in [5, 5.41) is 5.03. The van der Waals surface area contributed by atoms with E-state index in [1.165, 1.54) is 0 Å². The van der Waals surface area contributed by atoms with Gasteiger partial charge in [-0.3, -0.25) is 0 Å². The van der Waals surface area contributed by atoms with Crippen LogP contribution in [0.15, 0.2) is 42.5 Å². The van der Waals surface area contributed by atoms with Gasteiger partial charge >= 0.3 is 0 Å². The number of para-hydroxylation sites is 1. The minimum Gasteiger partial charge on any atom is -0.348 e. The minimum absolute atomic E-state index is 0.556. The number of hydrogen-bond acceptors (Lipinski definition) is 1. The van der Waals surface area contributed by atoms with Crippen molar-refractivity contribution < 1.29 is 0 Å². The predicted octanol–water partition coefficient (Wildman–Crippen LogP) is 5.13. The average molecular weight is 339 g/mol. The SMILES string of the molecule is Cc1ccccc1NC(=S)N(C)Cc1ccc(Cl)c(Cl)c1. The monoisotopic (exact) mass is 338 g/mol. The van der Waals surface area contributed by atoms with E-state index < -0.39 is 0 Å². The Morgan fingerprint density at radius 3 is 2.52 bits per heavy atom. The number of nitrogens with one attached hydrogen (secondary N) is 1. The molecule has 2 aromatic carbocycles. The highest BCUT2D eigenvalue weighted by Gasteiger charge is 2.08. The summed E-state index contributed by atoms with van der Waals surface area (Å²) in [5.74, 6) is 0. The number of anilines is 1. The molecule has 0 radical (unpaired) electrons. The van der Waals surface area contributed by atoms with E-state index in [1.54, 1.807) is 6.07 Å². The zero-order valence-corrected chi connectivity index (χ0v) is 14.2. The smallest absolute Gasteiger partial charge is 0.173 e. The Hall–Kier alpha value is -1.29. The van der Waals surface area contributed by atoms with Gasteiger partial charge in [-0.05, 0) is 48.5 Å². The number of benzene rings is 2. The molecule has 0 saturated heterocycles. The van der Waals surface area contributed by atoms with Gasteiger partial charge in [0.1, 0.15) is 0 Å². The van der Waals surface area contributed by atoms with Crippen molar-refractivity contribution in [3.8, 4) is 0 Å². The molecule has 0 fully saturated rings. The van der Waals surface area contributed by atoms with E-state index >= 15 is 0 Å². The van der Waals surface area contributed by atoms with Crippen LogP contribution in [-0.4, -0.2) is 17.1 Å².